The van der Waals surface area contributed by atoms with E-state index in [1.54, 1.807) is 24.3 Å². The van der Waals surface area contributed by atoms with E-state index in [9.17, 15) is 15.2 Å². The van der Waals surface area contributed by atoms with Crippen LogP contribution in [0.2, 0.25) is 5.02 Å². The van der Waals surface area contributed by atoms with Crippen molar-refractivity contribution in [3.8, 4) is 24.2 Å². The number of rotatable bonds is 7. The third-order valence-electron chi connectivity index (χ3n) is 5.72. The lowest BCUT2D eigenvalue weighted by atomic mass is 10.0. The molecule has 7 heteroatoms. The lowest BCUT2D eigenvalue weighted by Crippen LogP contribution is -2.30. The molecule has 0 aromatic heterocycles. The number of terminal acetylenes is 1. The van der Waals surface area contributed by atoms with Crippen molar-refractivity contribution in [3.63, 3.8) is 0 Å². The summed E-state index contributed by atoms with van der Waals surface area (Å²) >= 11 is 7.58. The molecule has 2 fully saturated rings. The molecule has 0 aliphatic heterocycles. The number of carboxylic acids is 1. The van der Waals surface area contributed by atoms with Crippen LogP contribution in [0.25, 0.3) is 0 Å². The van der Waals surface area contributed by atoms with Crippen LogP contribution < -0.4 is 9.46 Å². The molecular formula is C24H21ClN2O3S. The van der Waals surface area contributed by atoms with Crippen LogP contribution in [-0.4, -0.2) is 16.7 Å². The van der Waals surface area contributed by atoms with Gasteiger partial charge in [-0.25, -0.2) is 4.79 Å². The molecule has 0 atom stereocenters. The zero-order valence-electron chi connectivity index (χ0n) is 16.8. The molecule has 2 aliphatic carbocycles. The maximum absolute atomic E-state index is 11.4. The summed E-state index contributed by atoms with van der Waals surface area (Å²) in [4.78, 5) is 12.3. The number of aromatic carboxylic acids is 1. The van der Waals surface area contributed by atoms with Crippen LogP contribution in [0.15, 0.2) is 35.2 Å². The van der Waals surface area contributed by atoms with Gasteiger partial charge in [-0.3, -0.25) is 0 Å². The summed E-state index contributed by atoms with van der Waals surface area (Å²) < 4.78 is 9.52. The maximum atomic E-state index is 11.4. The van der Waals surface area contributed by atoms with Gasteiger partial charge in [-0.2, -0.15) is 5.26 Å². The zero-order chi connectivity index (χ0) is 22.0. The van der Waals surface area contributed by atoms with Gasteiger partial charge >= 0.3 is 5.97 Å². The SMILES string of the molecule is C#CC1(Oc2cc(Cl)c(C#N)cc2NSc2cc(C(=O)O)ccc2C2CC2)CCCC1. The van der Waals surface area contributed by atoms with E-state index in [0.717, 1.165) is 49.0 Å². The first-order valence-electron chi connectivity index (χ1n) is 10.2. The highest BCUT2D eigenvalue weighted by Crippen LogP contribution is 2.46. The zero-order valence-corrected chi connectivity index (χ0v) is 18.4. The van der Waals surface area contributed by atoms with Crippen molar-refractivity contribution in [2.24, 2.45) is 0 Å². The normalized spacial score (nSPS) is 16.9. The largest absolute Gasteiger partial charge is 0.478 e. The standard InChI is InChI=1S/C24H21ClN2O3S/c1-2-24(9-3-4-10-24)30-21-13-19(25)17(14-26)11-20(21)27-31-22-12-16(23(28)29)7-8-18(22)15-5-6-15/h1,7-8,11-13,15,27H,3-6,9-10H2,(H,28,29). The average molecular weight is 453 g/mol. The van der Waals surface area contributed by atoms with Crippen LogP contribution in [-0.2, 0) is 0 Å². The fourth-order valence-electron chi connectivity index (χ4n) is 3.83. The molecule has 0 unspecified atom stereocenters. The monoisotopic (exact) mass is 452 g/mol. The number of carboxylic acid groups (broad SMARTS) is 1. The van der Waals surface area contributed by atoms with Crippen molar-refractivity contribution in [1.82, 2.24) is 0 Å². The molecule has 158 valence electrons. The van der Waals surface area contributed by atoms with Gasteiger partial charge in [-0.15, -0.1) is 6.42 Å². The van der Waals surface area contributed by atoms with Crippen molar-refractivity contribution in [3.05, 3.63) is 52.0 Å². The van der Waals surface area contributed by atoms with E-state index in [4.69, 9.17) is 22.8 Å². The fraction of sp³-hybridized carbons (Fsp3) is 0.333. The van der Waals surface area contributed by atoms with Crippen molar-refractivity contribution in [1.29, 1.82) is 5.26 Å². The molecule has 4 rings (SSSR count). The Morgan fingerprint density at radius 2 is 2.03 bits per heavy atom. The summed E-state index contributed by atoms with van der Waals surface area (Å²) in [5.41, 5.74) is 1.57. The minimum absolute atomic E-state index is 0.233. The first-order valence-corrected chi connectivity index (χ1v) is 11.3. The highest BCUT2D eigenvalue weighted by atomic mass is 35.5. The number of benzene rings is 2. The van der Waals surface area contributed by atoms with Gasteiger partial charge < -0.3 is 14.6 Å². The topological polar surface area (TPSA) is 82.3 Å². The molecule has 31 heavy (non-hydrogen) atoms. The van der Waals surface area contributed by atoms with Gasteiger partial charge in [0.15, 0.2) is 5.60 Å². The quantitative estimate of drug-likeness (QED) is 0.382. The molecule has 0 spiro atoms. The Hall–Kier alpha value is -2.80. The summed E-state index contributed by atoms with van der Waals surface area (Å²) in [7, 11) is 0. The number of halogens is 1. The van der Waals surface area contributed by atoms with Gasteiger partial charge in [0.2, 0.25) is 0 Å². The molecule has 0 saturated heterocycles. The third-order valence-corrected chi connectivity index (χ3v) is 6.93. The number of nitrogens with one attached hydrogen (secondary N) is 1. The summed E-state index contributed by atoms with van der Waals surface area (Å²) in [6.45, 7) is 0. The van der Waals surface area contributed by atoms with Crippen LogP contribution in [0.5, 0.6) is 5.75 Å². The number of anilines is 1. The van der Waals surface area contributed by atoms with Crippen LogP contribution in [0.1, 0.15) is 65.9 Å². The van der Waals surface area contributed by atoms with E-state index in [1.807, 2.05) is 6.07 Å². The Bertz CT molecular complexity index is 1110. The number of carbonyl (C=O) groups is 1. The Labute approximate surface area is 190 Å². The van der Waals surface area contributed by atoms with E-state index in [0.29, 0.717) is 27.9 Å². The van der Waals surface area contributed by atoms with Crippen LogP contribution in [0.3, 0.4) is 0 Å². The molecule has 0 heterocycles. The van der Waals surface area contributed by atoms with E-state index >= 15 is 0 Å². The number of hydrogen-bond acceptors (Lipinski definition) is 5. The number of nitrogens with zero attached hydrogens (tertiary/aromatic N) is 1. The Morgan fingerprint density at radius 1 is 1.29 bits per heavy atom. The molecule has 2 saturated carbocycles. The fourth-order valence-corrected chi connectivity index (χ4v) is 4.95. The van der Waals surface area contributed by atoms with Crippen LogP contribution in [0, 0.1) is 23.7 Å². The molecule has 2 aromatic carbocycles. The van der Waals surface area contributed by atoms with E-state index < -0.39 is 11.6 Å². The minimum Gasteiger partial charge on any atom is -0.478 e. The van der Waals surface area contributed by atoms with Crippen molar-refractivity contribution < 1.29 is 14.6 Å². The minimum atomic E-state index is -0.969. The Morgan fingerprint density at radius 3 is 2.65 bits per heavy atom. The second-order valence-electron chi connectivity index (χ2n) is 7.92. The van der Waals surface area contributed by atoms with Crippen LogP contribution in [0.4, 0.5) is 5.69 Å². The van der Waals surface area contributed by atoms with Gasteiger partial charge in [-0.05, 0) is 80.2 Å². The molecule has 0 radical (unpaired) electrons. The van der Waals surface area contributed by atoms with Crippen molar-refractivity contribution in [2.75, 3.05) is 4.72 Å². The molecule has 2 aliphatic rings. The summed E-state index contributed by atoms with van der Waals surface area (Å²) in [6.07, 6.45) is 11.5. The number of ether oxygens (including phenoxy) is 1. The van der Waals surface area contributed by atoms with Gasteiger partial charge in [0, 0.05) is 11.0 Å². The highest BCUT2D eigenvalue weighted by Gasteiger charge is 2.35. The van der Waals surface area contributed by atoms with Crippen molar-refractivity contribution >= 4 is 35.2 Å². The molecule has 0 bridgehead atoms. The molecule has 2 N–H and O–H groups in total. The predicted molar refractivity (Wildman–Crippen MR) is 122 cm³/mol. The predicted octanol–water partition coefficient (Wildman–Crippen LogP) is 6.23. The lowest BCUT2D eigenvalue weighted by molar-refractivity contribution is 0.0696. The van der Waals surface area contributed by atoms with E-state index in [-0.39, 0.29) is 5.56 Å². The van der Waals surface area contributed by atoms with Crippen molar-refractivity contribution in [2.45, 2.75) is 54.9 Å². The summed E-state index contributed by atoms with van der Waals surface area (Å²) in [6, 6.07) is 10.6. The lowest BCUT2D eigenvalue weighted by Gasteiger charge is -2.26. The van der Waals surface area contributed by atoms with Crippen LogP contribution >= 0.6 is 23.5 Å². The molecule has 5 nitrogen and oxygen atoms in total. The van der Waals surface area contributed by atoms with Gasteiger partial charge in [0.25, 0.3) is 0 Å². The third kappa shape index (κ3) is 4.61. The van der Waals surface area contributed by atoms with Gasteiger partial charge in [0.1, 0.15) is 11.8 Å². The van der Waals surface area contributed by atoms with Gasteiger partial charge in [0.05, 0.1) is 21.8 Å². The Kier molecular flexibility index (Phi) is 6.05. The molecule has 2 aromatic rings. The molecule has 0 amide bonds. The average Bonchev–Trinajstić information content (AvgIpc) is 3.51. The Balaban J connectivity index is 1.65. The summed E-state index contributed by atoms with van der Waals surface area (Å²) in [5, 5.41) is 19.1. The molecular weight excluding hydrogens is 432 g/mol. The maximum Gasteiger partial charge on any atom is 0.335 e. The smallest absolute Gasteiger partial charge is 0.335 e. The van der Waals surface area contributed by atoms with E-state index in [1.165, 1.54) is 11.9 Å². The second kappa shape index (κ2) is 8.75. The second-order valence-corrected chi connectivity index (χ2v) is 9.18. The van der Waals surface area contributed by atoms with E-state index in [2.05, 4.69) is 16.7 Å². The highest BCUT2D eigenvalue weighted by molar-refractivity contribution is 8.00. The van der Waals surface area contributed by atoms with Gasteiger partial charge in [-0.1, -0.05) is 23.6 Å². The first-order chi connectivity index (χ1) is 14.9. The first kappa shape index (κ1) is 21.4. The number of nitriles is 1. The summed E-state index contributed by atoms with van der Waals surface area (Å²) in [5.74, 6) is 2.76. The number of hydrogen-bond donors (Lipinski definition) is 2.